The predicted molar refractivity (Wildman–Crippen MR) is 62.2 cm³/mol. The molecule has 0 saturated heterocycles. The molecule has 0 atom stereocenters. The molecule has 1 aromatic rings. The van der Waals surface area contributed by atoms with Gasteiger partial charge in [-0.25, -0.2) is 4.39 Å². The van der Waals surface area contributed by atoms with Crippen molar-refractivity contribution in [2.75, 3.05) is 5.32 Å². The van der Waals surface area contributed by atoms with Gasteiger partial charge < -0.3 is 11.1 Å². The minimum atomic E-state index is -0.414. The van der Waals surface area contributed by atoms with Gasteiger partial charge in [0.05, 0.1) is 5.69 Å². The van der Waals surface area contributed by atoms with E-state index in [1.807, 2.05) is 0 Å². The highest BCUT2D eigenvalue weighted by Crippen LogP contribution is 2.28. The Labute approximate surface area is 96.9 Å². The van der Waals surface area contributed by atoms with Crippen molar-refractivity contribution >= 4 is 54.9 Å². The lowest BCUT2D eigenvalue weighted by atomic mass is 10.3. The van der Waals surface area contributed by atoms with Crippen LogP contribution in [0.2, 0.25) is 0 Å². The van der Waals surface area contributed by atoms with Gasteiger partial charge in [-0.1, -0.05) is 0 Å². The molecule has 0 aliphatic carbocycles. The van der Waals surface area contributed by atoms with Crippen LogP contribution in [0.25, 0.3) is 0 Å². The smallest absolute Gasteiger partial charge is 0.168 e. The van der Waals surface area contributed by atoms with Crippen LogP contribution < -0.4 is 11.1 Å². The molecule has 0 aliphatic rings. The van der Waals surface area contributed by atoms with Crippen LogP contribution in [0.4, 0.5) is 10.1 Å². The molecule has 0 radical (unpaired) electrons. The average molecular weight is 328 g/mol. The van der Waals surface area contributed by atoms with Crippen LogP contribution in [-0.4, -0.2) is 5.11 Å². The SMILES string of the molecule is NC(=S)Nc1cc(Br)c(Br)cc1F. The quantitative estimate of drug-likeness (QED) is 0.615. The van der Waals surface area contributed by atoms with Crippen molar-refractivity contribution in [3.63, 3.8) is 0 Å². The van der Waals surface area contributed by atoms with Gasteiger partial charge in [0.25, 0.3) is 0 Å². The number of thiocarbonyl (C=S) groups is 1. The van der Waals surface area contributed by atoms with E-state index < -0.39 is 5.82 Å². The Balaban J connectivity index is 3.08. The molecular formula is C7H5Br2FN2S. The molecular weight excluding hydrogens is 323 g/mol. The van der Waals surface area contributed by atoms with Crippen molar-refractivity contribution in [2.24, 2.45) is 5.73 Å². The van der Waals surface area contributed by atoms with Crippen molar-refractivity contribution in [3.05, 3.63) is 26.9 Å². The van der Waals surface area contributed by atoms with E-state index in [2.05, 4.69) is 49.4 Å². The largest absolute Gasteiger partial charge is 0.376 e. The zero-order valence-corrected chi connectivity index (χ0v) is 10.3. The third-order valence-corrected chi connectivity index (χ3v) is 3.21. The molecule has 1 aromatic carbocycles. The standard InChI is InChI=1S/C7H5Br2FN2S/c8-3-1-5(10)6(2-4(3)9)12-7(11)13/h1-2H,(H3,11,12,13). The fraction of sp³-hybridized carbons (Fsp3) is 0. The molecule has 0 spiro atoms. The van der Waals surface area contributed by atoms with E-state index in [1.54, 1.807) is 6.07 Å². The van der Waals surface area contributed by atoms with E-state index in [1.165, 1.54) is 6.07 Å². The zero-order valence-electron chi connectivity index (χ0n) is 6.27. The van der Waals surface area contributed by atoms with E-state index in [4.69, 9.17) is 5.73 Å². The third-order valence-electron chi connectivity index (χ3n) is 1.27. The first-order valence-electron chi connectivity index (χ1n) is 3.21. The van der Waals surface area contributed by atoms with Gasteiger partial charge in [-0.15, -0.1) is 0 Å². The molecule has 6 heteroatoms. The molecule has 0 heterocycles. The number of nitrogens with two attached hydrogens (primary N) is 1. The molecule has 3 N–H and O–H groups in total. The van der Waals surface area contributed by atoms with Crippen LogP contribution >= 0.6 is 44.1 Å². The van der Waals surface area contributed by atoms with Crippen molar-refractivity contribution in [1.82, 2.24) is 0 Å². The summed E-state index contributed by atoms with van der Waals surface area (Å²) in [5.74, 6) is -0.414. The molecule has 0 aromatic heterocycles. The highest BCUT2D eigenvalue weighted by atomic mass is 79.9. The number of benzene rings is 1. The van der Waals surface area contributed by atoms with Crippen molar-refractivity contribution in [3.8, 4) is 0 Å². The number of nitrogens with one attached hydrogen (secondary N) is 1. The maximum atomic E-state index is 13.2. The van der Waals surface area contributed by atoms with E-state index in [-0.39, 0.29) is 10.8 Å². The summed E-state index contributed by atoms with van der Waals surface area (Å²) in [6.07, 6.45) is 0. The van der Waals surface area contributed by atoms with Crippen LogP contribution in [0.15, 0.2) is 21.1 Å². The highest BCUT2D eigenvalue weighted by Gasteiger charge is 2.06. The van der Waals surface area contributed by atoms with Gasteiger partial charge in [-0.3, -0.25) is 0 Å². The van der Waals surface area contributed by atoms with Crippen molar-refractivity contribution in [2.45, 2.75) is 0 Å². The molecule has 0 unspecified atom stereocenters. The molecule has 0 bridgehead atoms. The fourth-order valence-electron chi connectivity index (χ4n) is 0.751. The average Bonchev–Trinajstić information content (AvgIpc) is 1.99. The lowest BCUT2D eigenvalue weighted by Crippen LogP contribution is -2.19. The molecule has 0 fully saturated rings. The first-order chi connectivity index (χ1) is 6.00. The van der Waals surface area contributed by atoms with Gasteiger partial charge in [0.1, 0.15) is 5.82 Å². The third kappa shape index (κ3) is 2.89. The van der Waals surface area contributed by atoms with Crippen LogP contribution in [-0.2, 0) is 0 Å². The van der Waals surface area contributed by atoms with Crippen molar-refractivity contribution in [1.29, 1.82) is 0 Å². The molecule has 0 amide bonds. The molecule has 13 heavy (non-hydrogen) atoms. The summed E-state index contributed by atoms with van der Waals surface area (Å²) in [5.41, 5.74) is 5.46. The topological polar surface area (TPSA) is 38.0 Å². The predicted octanol–water partition coefficient (Wildman–Crippen LogP) is 3.01. The summed E-state index contributed by atoms with van der Waals surface area (Å²) in [6.45, 7) is 0. The monoisotopic (exact) mass is 326 g/mol. The Morgan fingerprint density at radius 1 is 1.38 bits per heavy atom. The van der Waals surface area contributed by atoms with Crippen LogP contribution in [0.1, 0.15) is 0 Å². The second kappa shape index (κ2) is 4.34. The van der Waals surface area contributed by atoms with Crippen molar-refractivity contribution < 1.29 is 4.39 Å². The molecule has 0 aliphatic heterocycles. The highest BCUT2D eigenvalue weighted by molar-refractivity contribution is 9.13. The second-order valence-corrected chi connectivity index (χ2v) is 4.38. The van der Waals surface area contributed by atoms with E-state index >= 15 is 0 Å². The summed E-state index contributed by atoms with van der Waals surface area (Å²) < 4.78 is 14.5. The molecule has 70 valence electrons. The van der Waals surface area contributed by atoms with Gasteiger partial charge in [-0.05, 0) is 56.2 Å². The Morgan fingerprint density at radius 2 is 1.92 bits per heavy atom. The van der Waals surface area contributed by atoms with Gasteiger partial charge in [-0.2, -0.15) is 0 Å². The first kappa shape index (κ1) is 10.9. The van der Waals surface area contributed by atoms with E-state index in [9.17, 15) is 4.39 Å². The van der Waals surface area contributed by atoms with E-state index in [0.29, 0.717) is 4.47 Å². The lowest BCUT2D eigenvalue weighted by molar-refractivity contribution is 0.631. The zero-order chi connectivity index (χ0) is 10.0. The minimum absolute atomic E-state index is 0.0353. The van der Waals surface area contributed by atoms with Gasteiger partial charge in [0.2, 0.25) is 0 Å². The Morgan fingerprint density at radius 3 is 2.46 bits per heavy atom. The Hall–Kier alpha value is -0.200. The van der Waals surface area contributed by atoms with Gasteiger partial charge in [0.15, 0.2) is 5.11 Å². The maximum Gasteiger partial charge on any atom is 0.168 e. The summed E-state index contributed by atoms with van der Waals surface area (Å²) in [7, 11) is 0. The Bertz CT molecular complexity index is 357. The summed E-state index contributed by atoms with van der Waals surface area (Å²) in [6, 6.07) is 2.88. The fourth-order valence-corrected chi connectivity index (χ4v) is 1.52. The number of hydrogen-bond donors (Lipinski definition) is 2. The lowest BCUT2D eigenvalue weighted by Gasteiger charge is -2.06. The minimum Gasteiger partial charge on any atom is -0.376 e. The van der Waals surface area contributed by atoms with Crippen LogP contribution in [0.5, 0.6) is 0 Å². The second-order valence-electron chi connectivity index (χ2n) is 2.24. The number of hydrogen-bond acceptors (Lipinski definition) is 1. The van der Waals surface area contributed by atoms with E-state index in [0.717, 1.165) is 4.47 Å². The number of halogens is 3. The number of rotatable bonds is 1. The van der Waals surface area contributed by atoms with Crippen LogP contribution in [0.3, 0.4) is 0 Å². The Kier molecular flexibility index (Phi) is 3.63. The van der Waals surface area contributed by atoms with Gasteiger partial charge in [0, 0.05) is 8.95 Å². The molecule has 0 saturated carbocycles. The molecule has 1 rings (SSSR count). The van der Waals surface area contributed by atoms with Crippen LogP contribution in [0, 0.1) is 5.82 Å². The first-order valence-corrected chi connectivity index (χ1v) is 5.21. The molecule has 2 nitrogen and oxygen atoms in total. The number of anilines is 1. The van der Waals surface area contributed by atoms with Gasteiger partial charge >= 0.3 is 0 Å². The summed E-state index contributed by atoms with van der Waals surface area (Å²) in [5, 5.41) is 2.56. The summed E-state index contributed by atoms with van der Waals surface area (Å²) >= 11 is 11.0. The normalized spacial score (nSPS) is 9.77. The maximum absolute atomic E-state index is 13.2. The summed E-state index contributed by atoms with van der Waals surface area (Å²) in [4.78, 5) is 0.